The second-order valence-electron chi connectivity index (χ2n) is 4.60. The molecule has 1 aromatic rings. The van der Waals surface area contributed by atoms with Crippen LogP contribution in [0.15, 0.2) is 5.16 Å². The van der Waals surface area contributed by atoms with E-state index in [1.165, 1.54) is 0 Å². The second kappa shape index (κ2) is 6.98. The Kier molecular flexibility index (Phi) is 5.62. The number of aryl methyl sites for hydroxylation is 2. The number of unbranched alkanes of at least 4 members (excludes halogenated alkanes) is 2. The maximum atomic E-state index is 8.85. The first-order valence-electron chi connectivity index (χ1n) is 6.36. The van der Waals surface area contributed by atoms with E-state index in [1.54, 1.807) is 4.68 Å². The zero-order valence-corrected chi connectivity index (χ0v) is 11.8. The number of aliphatic hydroxyl groups excluding tert-OH is 1. The van der Waals surface area contributed by atoms with Crippen LogP contribution in [0.5, 0.6) is 0 Å². The fraction of sp³-hybridized carbons (Fsp3) is 0.667. The van der Waals surface area contributed by atoms with Crippen molar-refractivity contribution >= 4 is 11.7 Å². The lowest BCUT2D eigenvalue weighted by molar-refractivity contribution is 0.283. The third-order valence-electron chi connectivity index (χ3n) is 3.07. The van der Waals surface area contributed by atoms with Gasteiger partial charge in [-0.3, -0.25) is 4.68 Å². The van der Waals surface area contributed by atoms with Crippen molar-refractivity contribution in [3.05, 3.63) is 11.3 Å². The number of hydrogen-bond acceptors (Lipinski definition) is 5. The fourth-order valence-electron chi connectivity index (χ4n) is 2.18. The molecule has 0 fully saturated rings. The van der Waals surface area contributed by atoms with Crippen molar-refractivity contribution in [2.24, 2.45) is 17.9 Å². The average molecular weight is 269 g/mol. The monoisotopic (exact) mass is 269 g/mol. The summed E-state index contributed by atoms with van der Waals surface area (Å²) in [6.45, 7) is 2.88. The lowest BCUT2D eigenvalue weighted by atomic mass is 10.2. The SMILES string of the molecule is Cc1nn(C)c(N(C)CCCCCO)c1C(N)=NO. The minimum atomic E-state index is 0.0720. The Bertz CT molecular complexity index is 442. The molecule has 0 bridgehead atoms. The van der Waals surface area contributed by atoms with E-state index in [0.29, 0.717) is 5.56 Å². The molecule has 1 rings (SSSR count). The minimum Gasteiger partial charge on any atom is -0.409 e. The van der Waals surface area contributed by atoms with E-state index in [-0.39, 0.29) is 12.4 Å². The van der Waals surface area contributed by atoms with Gasteiger partial charge in [-0.05, 0) is 26.2 Å². The summed E-state index contributed by atoms with van der Waals surface area (Å²) in [6.07, 6.45) is 2.75. The predicted molar refractivity (Wildman–Crippen MR) is 74.7 cm³/mol. The third kappa shape index (κ3) is 3.60. The fourth-order valence-corrected chi connectivity index (χ4v) is 2.18. The highest BCUT2D eigenvalue weighted by molar-refractivity contribution is 6.02. The zero-order valence-electron chi connectivity index (χ0n) is 11.8. The highest BCUT2D eigenvalue weighted by Crippen LogP contribution is 2.22. The lowest BCUT2D eigenvalue weighted by Gasteiger charge is -2.20. The smallest absolute Gasteiger partial charge is 0.175 e. The number of nitrogens with two attached hydrogens (primary N) is 1. The van der Waals surface area contributed by atoms with E-state index >= 15 is 0 Å². The molecule has 0 atom stereocenters. The number of rotatable bonds is 7. The summed E-state index contributed by atoms with van der Waals surface area (Å²) < 4.78 is 1.73. The van der Waals surface area contributed by atoms with Gasteiger partial charge in [-0.25, -0.2) is 0 Å². The molecule has 0 radical (unpaired) electrons. The summed E-state index contributed by atoms with van der Waals surface area (Å²) in [5, 5.41) is 25.0. The molecule has 0 aliphatic heterocycles. The summed E-state index contributed by atoms with van der Waals surface area (Å²) in [5.41, 5.74) is 7.10. The van der Waals surface area contributed by atoms with Gasteiger partial charge in [0, 0.05) is 27.2 Å². The van der Waals surface area contributed by atoms with Crippen LogP contribution in [0.4, 0.5) is 5.82 Å². The van der Waals surface area contributed by atoms with Gasteiger partial charge in [0.25, 0.3) is 0 Å². The van der Waals surface area contributed by atoms with Crippen LogP contribution in [-0.2, 0) is 7.05 Å². The van der Waals surface area contributed by atoms with Gasteiger partial charge in [-0.15, -0.1) is 0 Å². The summed E-state index contributed by atoms with van der Waals surface area (Å²) in [4.78, 5) is 2.03. The standard InChI is InChI=1S/C12H23N5O2/c1-9-10(11(13)15-19)12(17(3)14-9)16(2)7-5-4-6-8-18/h18-19H,4-8H2,1-3H3,(H2,13,15). The van der Waals surface area contributed by atoms with Crippen molar-refractivity contribution in [2.75, 3.05) is 25.1 Å². The van der Waals surface area contributed by atoms with Crippen molar-refractivity contribution in [1.82, 2.24) is 9.78 Å². The molecule has 4 N–H and O–H groups in total. The molecule has 0 aliphatic carbocycles. The largest absolute Gasteiger partial charge is 0.409 e. The second-order valence-corrected chi connectivity index (χ2v) is 4.60. The van der Waals surface area contributed by atoms with Crippen LogP contribution in [0.25, 0.3) is 0 Å². The van der Waals surface area contributed by atoms with Crippen LogP contribution in [0.3, 0.4) is 0 Å². The predicted octanol–water partition coefficient (Wildman–Crippen LogP) is 0.422. The molecular formula is C12H23N5O2. The van der Waals surface area contributed by atoms with Gasteiger partial charge in [-0.1, -0.05) is 5.16 Å². The van der Waals surface area contributed by atoms with E-state index in [1.807, 2.05) is 25.9 Å². The minimum absolute atomic E-state index is 0.0720. The Morgan fingerprint density at radius 1 is 1.42 bits per heavy atom. The zero-order chi connectivity index (χ0) is 14.4. The Labute approximate surface area is 113 Å². The number of hydrogen-bond donors (Lipinski definition) is 3. The number of aliphatic hydroxyl groups is 1. The van der Waals surface area contributed by atoms with Crippen molar-refractivity contribution < 1.29 is 10.3 Å². The topological polar surface area (TPSA) is 99.9 Å². The van der Waals surface area contributed by atoms with Gasteiger partial charge in [-0.2, -0.15) is 5.10 Å². The molecule has 0 aromatic carbocycles. The Hall–Kier alpha value is -1.76. The normalized spacial score (nSPS) is 11.9. The molecule has 1 aromatic heterocycles. The maximum Gasteiger partial charge on any atom is 0.175 e. The van der Waals surface area contributed by atoms with Gasteiger partial charge in [0.15, 0.2) is 5.84 Å². The molecule has 0 spiro atoms. The number of aromatic nitrogens is 2. The molecule has 1 heterocycles. The average Bonchev–Trinajstić information content (AvgIpc) is 2.68. The molecular weight excluding hydrogens is 246 g/mol. The van der Waals surface area contributed by atoms with Crippen LogP contribution >= 0.6 is 0 Å². The first-order valence-corrected chi connectivity index (χ1v) is 6.36. The van der Waals surface area contributed by atoms with Crippen molar-refractivity contribution in [3.63, 3.8) is 0 Å². The third-order valence-corrected chi connectivity index (χ3v) is 3.07. The summed E-state index contributed by atoms with van der Waals surface area (Å²) in [6, 6.07) is 0. The van der Waals surface area contributed by atoms with E-state index in [0.717, 1.165) is 37.3 Å². The Balaban J connectivity index is 2.87. The first kappa shape index (κ1) is 15.3. The van der Waals surface area contributed by atoms with E-state index < -0.39 is 0 Å². The lowest BCUT2D eigenvalue weighted by Crippen LogP contribution is -2.25. The van der Waals surface area contributed by atoms with Crippen LogP contribution in [-0.4, -0.2) is 46.1 Å². The van der Waals surface area contributed by atoms with Gasteiger partial charge >= 0.3 is 0 Å². The van der Waals surface area contributed by atoms with Gasteiger partial charge in [0.1, 0.15) is 5.82 Å². The number of amidine groups is 1. The number of nitrogens with zero attached hydrogens (tertiary/aromatic N) is 4. The molecule has 7 heteroatoms. The van der Waals surface area contributed by atoms with Crippen molar-refractivity contribution in [3.8, 4) is 0 Å². The molecule has 19 heavy (non-hydrogen) atoms. The van der Waals surface area contributed by atoms with Crippen molar-refractivity contribution in [2.45, 2.75) is 26.2 Å². The van der Waals surface area contributed by atoms with E-state index in [4.69, 9.17) is 16.0 Å². The van der Waals surface area contributed by atoms with Gasteiger partial charge in [0.2, 0.25) is 0 Å². The molecule has 0 saturated carbocycles. The Morgan fingerprint density at radius 2 is 2.11 bits per heavy atom. The Morgan fingerprint density at radius 3 is 2.68 bits per heavy atom. The number of anilines is 1. The van der Waals surface area contributed by atoms with Crippen molar-refractivity contribution in [1.29, 1.82) is 0 Å². The summed E-state index contributed by atoms with van der Waals surface area (Å²) in [7, 11) is 3.78. The molecule has 0 amide bonds. The van der Waals surface area contributed by atoms with E-state index in [2.05, 4.69) is 10.3 Å². The molecule has 0 saturated heterocycles. The number of oxime groups is 1. The van der Waals surface area contributed by atoms with Gasteiger partial charge in [0.05, 0.1) is 11.3 Å². The van der Waals surface area contributed by atoms with Crippen LogP contribution in [0.1, 0.15) is 30.5 Å². The quantitative estimate of drug-likeness (QED) is 0.219. The molecule has 7 nitrogen and oxygen atoms in total. The highest BCUT2D eigenvalue weighted by atomic mass is 16.4. The van der Waals surface area contributed by atoms with E-state index in [9.17, 15) is 0 Å². The highest BCUT2D eigenvalue weighted by Gasteiger charge is 2.19. The summed E-state index contributed by atoms with van der Waals surface area (Å²) in [5.74, 6) is 0.902. The van der Waals surface area contributed by atoms with Crippen LogP contribution in [0, 0.1) is 6.92 Å². The molecule has 0 aliphatic rings. The van der Waals surface area contributed by atoms with Crippen LogP contribution < -0.4 is 10.6 Å². The van der Waals surface area contributed by atoms with Crippen LogP contribution in [0.2, 0.25) is 0 Å². The maximum absolute atomic E-state index is 8.85. The van der Waals surface area contributed by atoms with Gasteiger partial charge < -0.3 is 20.9 Å². The molecule has 108 valence electrons. The molecule has 0 unspecified atom stereocenters. The summed E-state index contributed by atoms with van der Waals surface area (Å²) >= 11 is 0. The first-order chi connectivity index (χ1) is 9.02.